The Morgan fingerprint density at radius 3 is 2.57 bits per heavy atom. The second-order valence-corrected chi connectivity index (χ2v) is 7.55. The molecule has 2 N–H and O–H groups in total. The number of rotatable bonds is 6. The maximum absolute atomic E-state index is 11.6. The number of sulfone groups is 1. The lowest BCUT2D eigenvalue weighted by molar-refractivity contribution is 0.339. The summed E-state index contributed by atoms with van der Waals surface area (Å²) < 4.78 is 28.9. The molecule has 2 rings (SSSR count). The molecule has 114 valence electrons. The second kappa shape index (κ2) is 6.45. The molecule has 0 amide bonds. The van der Waals surface area contributed by atoms with Crippen LogP contribution in [0.5, 0.6) is 5.75 Å². The van der Waals surface area contributed by atoms with Crippen LogP contribution >= 0.6 is 0 Å². The number of ether oxygens (including phenoxy) is 1. The van der Waals surface area contributed by atoms with Crippen LogP contribution in [0.3, 0.4) is 0 Å². The summed E-state index contributed by atoms with van der Waals surface area (Å²) in [5.41, 5.74) is 6.88. The van der Waals surface area contributed by atoms with E-state index in [1.165, 1.54) is 0 Å². The van der Waals surface area contributed by atoms with E-state index in [4.69, 9.17) is 10.5 Å². The summed E-state index contributed by atoms with van der Waals surface area (Å²) in [4.78, 5) is 0. The summed E-state index contributed by atoms with van der Waals surface area (Å²) in [6, 6.07) is 11.6. The van der Waals surface area contributed by atoms with Gasteiger partial charge in [0.2, 0.25) is 0 Å². The van der Waals surface area contributed by atoms with Crippen molar-refractivity contribution < 1.29 is 13.2 Å². The number of benzene rings is 2. The average molecular weight is 307 g/mol. The predicted molar refractivity (Wildman–Crippen MR) is 86.4 cm³/mol. The molecule has 5 heteroatoms. The van der Waals surface area contributed by atoms with Crippen molar-refractivity contribution in [2.45, 2.75) is 19.9 Å². The molecule has 0 radical (unpaired) electrons. The van der Waals surface area contributed by atoms with E-state index in [1.807, 2.05) is 43.3 Å². The first-order chi connectivity index (χ1) is 9.94. The van der Waals surface area contributed by atoms with Crippen molar-refractivity contribution in [1.82, 2.24) is 0 Å². The number of fused-ring (bicyclic) bond motifs is 1. The van der Waals surface area contributed by atoms with E-state index in [-0.39, 0.29) is 24.2 Å². The highest BCUT2D eigenvalue weighted by molar-refractivity contribution is 7.91. The third-order valence-electron chi connectivity index (χ3n) is 3.48. The lowest BCUT2D eigenvalue weighted by atomic mass is 10.0. The SMILES string of the molecule is CCS(=O)(=O)CCOc1c([C@@H](C)N)ccc2ccccc12. The first-order valence-electron chi connectivity index (χ1n) is 7.05. The van der Waals surface area contributed by atoms with Gasteiger partial charge in [-0.2, -0.15) is 0 Å². The quantitative estimate of drug-likeness (QED) is 0.891. The molecule has 0 heterocycles. The van der Waals surface area contributed by atoms with Crippen LogP contribution in [0.15, 0.2) is 36.4 Å². The molecule has 0 fully saturated rings. The highest BCUT2D eigenvalue weighted by Gasteiger charge is 2.14. The third-order valence-corrected chi connectivity index (χ3v) is 5.15. The lowest BCUT2D eigenvalue weighted by Crippen LogP contribution is -2.17. The molecule has 0 saturated carbocycles. The van der Waals surface area contributed by atoms with Crippen LogP contribution in [0.2, 0.25) is 0 Å². The smallest absolute Gasteiger partial charge is 0.153 e. The maximum Gasteiger partial charge on any atom is 0.153 e. The van der Waals surface area contributed by atoms with Crippen LogP contribution in [0, 0.1) is 0 Å². The Morgan fingerprint density at radius 2 is 1.90 bits per heavy atom. The molecule has 0 unspecified atom stereocenters. The molecule has 2 aromatic rings. The third kappa shape index (κ3) is 3.74. The standard InChI is InChI=1S/C16H21NO3S/c1-3-21(18,19)11-10-20-16-14(12(2)17)9-8-13-6-4-5-7-15(13)16/h4-9,12H,3,10-11,17H2,1-2H3/t12-/m1/s1. The highest BCUT2D eigenvalue weighted by atomic mass is 32.2. The molecule has 4 nitrogen and oxygen atoms in total. The maximum atomic E-state index is 11.6. The molecule has 0 spiro atoms. The van der Waals surface area contributed by atoms with E-state index in [2.05, 4.69) is 0 Å². The number of hydrogen-bond acceptors (Lipinski definition) is 4. The topological polar surface area (TPSA) is 69.4 Å². The fourth-order valence-electron chi connectivity index (χ4n) is 2.19. The largest absolute Gasteiger partial charge is 0.492 e. The second-order valence-electron chi connectivity index (χ2n) is 5.08. The van der Waals surface area contributed by atoms with Crippen molar-refractivity contribution in [2.24, 2.45) is 5.73 Å². The van der Waals surface area contributed by atoms with Gasteiger partial charge in [0.25, 0.3) is 0 Å². The van der Waals surface area contributed by atoms with Gasteiger partial charge in [0.15, 0.2) is 9.84 Å². The van der Waals surface area contributed by atoms with E-state index in [9.17, 15) is 8.42 Å². The zero-order valence-corrected chi connectivity index (χ0v) is 13.2. The van der Waals surface area contributed by atoms with E-state index in [1.54, 1.807) is 6.92 Å². The van der Waals surface area contributed by atoms with E-state index in [0.717, 1.165) is 16.3 Å². The van der Waals surface area contributed by atoms with Crippen LogP contribution in [-0.4, -0.2) is 26.5 Å². The van der Waals surface area contributed by atoms with Gasteiger partial charge in [-0.25, -0.2) is 8.42 Å². The summed E-state index contributed by atoms with van der Waals surface area (Å²) in [6.45, 7) is 3.67. The number of nitrogens with two attached hydrogens (primary N) is 1. The molecule has 0 saturated heterocycles. The predicted octanol–water partition coefficient (Wildman–Crippen LogP) is 2.67. The fraction of sp³-hybridized carbons (Fsp3) is 0.375. The summed E-state index contributed by atoms with van der Waals surface area (Å²) in [5.74, 6) is 0.839. The summed E-state index contributed by atoms with van der Waals surface area (Å²) >= 11 is 0. The zero-order chi connectivity index (χ0) is 15.5. The minimum Gasteiger partial charge on any atom is -0.492 e. The van der Waals surface area contributed by atoms with Crippen molar-refractivity contribution >= 4 is 20.6 Å². The van der Waals surface area contributed by atoms with Crippen molar-refractivity contribution in [3.63, 3.8) is 0 Å². The molecule has 0 aliphatic rings. The van der Waals surface area contributed by atoms with Crippen molar-refractivity contribution in [2.75, 3.05) is 18.1 Å². The van der Waals surface area contributed by atoms with Crippen LogP contribution in [0.4, 0.5) is 0 Å². The number of hydrogen-bond donors (Lipinski definition) is 1. The fourth-order valence-corrected chi connectivity index (χ4v) is 2.82. The van der Waals surface area contributed by atoms with Crippen molar-refractivity contribution in [3.8, 4) is 5.75 Å². The summed E-state index contributed by atoms with van der Waals surface area (Å²) in [6.07, 6.45) is 0. The zero-order valence-electron chi connectivity index (χ0n) is 12.4. The van der Waals surface area contributed by atoms with Gasteiger partial charge in [-0.05, 0) is 12.3 Å². The normalized spacial score (nSPS) is 13.3. The van der Waals surface area contributed by atoms with E-state index >= 15 is 0 Å². The minimum absolute atomic E-state index is 0.0190. The summed E-state index contributed by atoms with van der Waals surface area (Å²) in [7, 11) is -3.03. The van der Waals surface area contributed by atoms with Crippen LogP contribution in [-0.2, 0) is 9.84 Å². The summed E-state index contributed by atoms with van der Waals surface area (Å²) in [5, 5.41) is 2.01. The van der Waals surface area contributed by atoms with Crippen molar-refractivity contribution in [3.05, 3.63) is 42.0 Å². The Morgan fingerprint density at radius 1 is 1.19 bits per heavy atom. The van der Waals surface area contributed by atoms with Gasteiger partial charge < -0.3 is 10.5 Å². The molecule has 1 atom stereocenters. The van der Waals surface area contributed by atoms with Crippen molar-refractivity contribution in [1.29, 1.82) is 0 Å². The Labute approximate surface area is 125 Å². The molecule has 0 aromatic heterocycles. The molecular weight excluding hydrogens is 286 g/mol. The Bertz CT molecular complexity index is 723. The van der Waals surface area contributed by atoms with Gasteiger partial charge in [0.1, 0.15) is 12.4 Å². The van der Waals surface area contributed by atoms with Gasteiger partial charge >= 0.3 is 0 Å². The van der Waals surface area contributed by atoms with Gasteiger partial charge in [-0.1, -0.05) is 43.3 Å². The molecular formula is C16H21NO3S. The van der Waals surface area contributed by atoms with Gasteiger partial charge in [-0.3, -0.25) is 0 Å². The van der Waals surface area contributed by atoms with Gasteiger partial charge in [0.05, 0.1) is 5.75 Å². The molecule has 21 heavy (non-hydrogen) atoms. The molecule has 2 aromatic carbocycles. The van der Waals surface area contributed by atoms with Gasteiger partial charge in [0, 0.05) is 22.7 Å². The first-order valence-corrected chi connectivity index (χ1v) is 8.87. The minimum atomic E-state index is -3.03. The Kier molecular flexibility index (Phi) is 4.85. The van der Waals surface area contributed by atoms with E-state index in [0.29, 0.717) is 5.75 Å². The monoisotopic (exact) mass is 307 g/mol. The Hall–Kier alpha value is -1.59. The Balaban J connectivity index is 2.34. The van der Waals surface area contributed by atoms with Crippen LogP contribution in [0.25, 0.3) is 10.8 Å². The first kappa shape index (κ1) is 15.8. The molecule has 0 aliphatic heterocycles. The lowest BCUT2D eigenvalue weighted by Gasteiger charge is -2.16. The van der Waals surface area contributed by atoms with Gasteiger partial charge in [-0.15, -0.1) is 0 Å². The van der Waals surface area contributed by atoms with Crippen LogP contribution < -0.4 is 10.5 Å². The van der Waals surface area contributed by atoms with E-state index < -0.39 is 9.84 Å². The molecule has 0 aliphatic carbocycles. The highest BCUT2D eigenvalue weighted by Crippen LogP contribution is 2.32. The van der Waals surface area contributed by atoms with Crippen LogP contribution in [0.1, 0.15) is 25.5 Å². The average Bonchev–Trinajstić information content (AvgIpc) is 2.47. The molecule has 0 bridgehead atoms.